The van der Waals surface area contributed by atoms with Crippen LogP contribution in [0.2, 0.25) is 5.02 Å². The molecule has 0 atom stereocenters. The Kier molecular flexibility index (Phi) is 5.13. The molecule has 3 rings (SSSR count). The quantitative estimate of drug-likeness (QED) is 0.501. The number of thioether (sulfide) groups is 1. The van der Waals surface area contributed by atoms with E-state index >= 15 is 0 Å². The summed E-state index contributed by atoms with van der Waals surface area (Å²) < 4.78 is 30.9. The molecule has 1 aromatic carbocycles. The number of hydrogen-bond donors (Lipinski definition) is 1. The average Bonchev–Trinajstić information content (AvgIpc) is 3.24. The molecule has 0 saturated heterocycles. The Morgan fingerprint density at radius 3 is 2.56 bits per heavy atom. The molecule has 0 radical (unpaired) electrons. The van der Waals surface area contributed by atoms with Crippen molar-refractivity contribution in [2.75, 3.05) is 11.6 Å². The van der Waals surface area contributed by atoms with Crippen molar-refractivity contribution in [3.8, 4) is 0 Å². The summed E-state index contributed by atoms with van der Waals surface area (Å²) in [5, 5.41) is 10.6. The number of nitrogens with one attached hydrogen (secondary N) is 1. The van der Waals surface area contributed by atoms with Crippen LogP contribution in [0, 0.1) is 0 Å². The molecule has 0 spiro atoms. The van der Waals surface area contributed by atoms with Gasteiger partial charge >= 0.3 is 0 Å². The van der Waals surface area contributed by atoms with Crippen LogP contribution in [-0.4, -0.2) is 30.8 Å². The number of aromatic nitrogens is 2. The summed E-state index contributed by atoms with van der Waals surface area (Å²) in [4.78, 5) is 12.2. The number of hydrogen-bond acceptors (Lipinski definition) is 8. The summed E-state index contributed by atoms with van der Waals surface area (Å²) in [6.45, 7) is 0. The molecule has 7 nitrogen and oxygen atoms in total. The van der Waals surface area contributed by atoms with Gasteiger partial charge in [-0.2, -0.15) is 0 Å². The van der Waals surface area contributed by atoms with Gasteiger partial charge in [0.2, 0.25) is 20.1 Å². The molecular weight excluding hydrogens is 406 g/mol. The second-order valence-corrected chi connectivity index (χ2v) is 8.96. The van der Waals surface area contributed by atoms with Crippen LogP contribution in [0.5, 0.6) is 0 Å². The van der Waals surface area contributed by atoms with Gasteiger partial charge in [-0.05, 0) is 42.7 Å². The lowest BCUT2D eigenvalue weighted by Crippen LogP contribution is -2.10. The summed E-state index contributed by atoms with van der Waals surface area (Å²) in [6.07, 6.45) is 1.84. The zero-order valence-corrected chi connectivity index (χ0v) is 15.8. The maximum absolute atomic E-state index is 12.5. The van der Waals surface area contributed by atoms with Gasteiger partial charge in [-0.15, -0.1) is 10.2 Å². The maximum Gasteiger partial charge on any atom is 0.293 e. The van der Waals surface area contributed by atoms with Crippen LogP contribution in [0.25, 0.3) is 0 Å². The van der Waals surface area contributed by atoms with Crippen molar-refractivity contribution in [1.29, 1.82) is 0 Å². The fraction of sp³-hybridized carbons (Fsp3) is 0.0714. The molecule has 2 heterocycles. The highest BCUT2D eigenvalue weighted by molar-refractivity contribution is 8.00. The Balaban J connectivity index is 1.81. The van der Waals surface area contributed by atoms with Crippen LogP contribution in [0.4, 0.5) is 5.13 Å². The minimum Gasteiger partial charge on any atom is -0.439 e. The predicted octanol–water partition coefficient (Wildman–Crippen LogP) is 3.59. The average molecular weight is 416 g/mol. The third-order valence-electron chi connectivity index (χ3n) is 3.00. The molecule has 0 saturated carbocycles. The molecule has 0 aliphatic rings. The van der Waals surface area contributed by atoms with E-state index in [9.17, 15) is 13.2 Å². The Bertz CT molecular complexity index is 1010. The smallest absolute Gasteiger partial charge is 0.293 e. The second kappa shape index (κ2) is 7.16. The maximum atomic E-state index is 12.5. The molecule has 0 aliphatic heterocycles. The Labute approximate surface area is 156 Å². The minimum atomic E-state index is -3.88. The van der Waals surface area contributed by atoms with Gasteiger partial charge in [-0.1, -0.05) is 34.7 Å². The summed E-state index contributed by atoms with van der Waals surface area (Å²) >= 11 is 8.36. The fourth-order valence-electron chi connectivity index (χ4n) is 1.82. The van der Waals surface area contributed by atoms with Gasteiger partial charge in [0.15, 0.2) is 10.1 Å². The molecule has 1 amide bonds. The van der Waals surface area contributed by atoms with Crippen molar-refractivity contribution < 1.29 is 17.6 Å². The topological polar surface area (TPSA) is 102 Å². The van der Waals surface area contributed by atoms with Crippen LogP contribution < -0.4 is 5.32 Å². The summed E-state index contributed by atoms with van der Waals surface area (Å²) in [5.74, 6) is -0.755. The van der Waals surface area contributed by atoms with E-state index in [1.807, 2.05) is 6.26 Å². The Morgan fingerprint density at radius 1 is 1.20 bits per heavy atom. The van der Waals surface area contributed by atoms with E-state index in [-0.39, 0.29) is 15.7 Å². The van der Waals surface area contributed by atoms with Gasteiger partial charge in [0.25, 0.3) is 5.91 Å². The van der Waals surface area contributed by atoms with Gasteiger partial charge < -0.3 is 4.42 Å². The molecule has 3 aromatic rings. The number of halogens is 1. The lowest BCUT2D eigenvalue weighted by molar-refractivity contribution is 0.0991. The number of sulfone groups is 1. The molecule has 11 heteroatoms. The van der Waals surface area contributed by atoms with Gasteiger partial charge in [-0.3, -0.25) is 10.1 Å². The molecule has 0 aliphatic carbocycles. The van der Waals surface area contributed by atoms with Crippen LogP contribution >= 0.6 is 34.7 Å². The predicted molar refractivity (Wildman–Crippen MR) is 95.3 cm³/mol. The zero-order chi connectivity index (χ0) is 18.0. The minimum absolute atomic E-state index is 0.0203. The van der Waals surface area contributed by atoms with Crippen LogP contribution in [0.15, 0.2) is 55.1 Å². The molecule has 25 heavy (non-hydrogen) atoms. The van der Waals surface area contributed by atoms with E-state index in [4.69, 9.17) is 16.0 Å². The van der Waals surface area contributed by atoms with Crippen molar-refractivity contribution in [2.45, 2.75) is 14.3 Å². The number of rotatable bonds is 5. The molecular formula is C14H10ClN3O4S3. The Hall–Kier alpha value is -1.88. The molecule has 0 fully saturated rings. The van der Waals surface area contributed by atoms with E-state index in [2.05, 4.69) is 15.5 Å². The van der Waals surface area contributed by atoms with Crippen molar-refractivity contribution in [3.63, 3.8) is 0 Å². The van der Waals surface area contributed by atoms with Crippen LogP contribution in [0.3, 0.4) is 0 Å². The van der Waals surface area contributed by atoms with Gasteiger partial charge in [-0.25, -0.2) is 8.42 Å². The fourth-order valence-corrected chi connectivity index (χ4v) is 4.28. The molecule has 130 valence electrons. The van der Waals surface area contributed by atoms with E-state index in [1.165, 1.54) is 59.5 Å². The molecule has 2 aromatic heterocycles. The number of furan rings is 1. The molecule has 1 N–H and O–H groups in total. The second-order valence-electron chi connectivity index (χ2n) is 4.61. The van der Waals surface area contributed by atoms with Crippen LogP contribution in [0.1, 0.15) is 10.6 Å². The van der Waals surface area contributed by atoms with Crippen molar-refractivity contribution >= 4 is 55.6 Å². The summed E-state index contributed by atoms with van der Waals surface area (Å²) in [5.41, 5.74) is 0. The first-order valence-electron chi connectivity index (χ1n) is 6.69. The first-order valence-corrected chi connectivity index (χ1v) is 10.6. The number of benzene rings is 1. The molecule has 0 unspecified atom stereocenters. The first-order chi connectivity index (χ1) is 11.9. The number of amides is 1. The van der Waals surface area contributed by atoms with Crippen LogP contribution in [-0.2, 0) is 9.84 Å². The number of carbonyl (C=O) groups excluding carboxylic acids is 1. The van der Waals surface area contributed by atoms with Gasteiger partial charge in [0, 0.05) is 5.02 Å². The van der Waals surface area contributed by atoms with Crippen molar-refractivity contribution in [1.82, 2.24) is 10.2 Å². The van der Waals surface area contributed by atoms with E-state index < -0.39 is 15.7 Å². The van der Waals surface area contributed by atoms with Crippen molar-refractivity contribution in [3.05, 3.63) is 47.2 Å². The normalized spacial score (nSPS) is 11.4. The van der Waals surface area contributed by atoms with E-state index in [0.29, 0.717) is 14.5 Å². The number of carbonyl (C=O) groups is 1. The van der Waals surface area contributed by atoms with E-state index in [1.54, 1.807) is 0 Å². The molecule has 0 bridgehead atoms. The van der Waals surface area contributed by atoms with Gasteiger partial charge in [0.1, 0.15) is 0 Å². The number of anilines is 1. The zero-order valence-electron chi connectivity index (χ0n) is 12.6. The lowest BCUT2D eigenvalue weighted by Gasteiger charge is -2.01. The highest BCUT2D eigenvalue weighted by atomic mass is 35.5. The van der Waals surface area contributed by atoms with Gasteiger partial charge in [0.05, 0.1) is 4.90 Å². The largest absolute Gasteiger partial charge is 0.439 e. The summed E-state index contributed by atoms with van der Waals surface area (Å²) in [7, 11) is -3.88. The number of nitrogens with zero attached hydrogens (tertiary/aromatic N) is 2. The third kappa shape index (κ3) is 3.87. The highest BCUT2D eigenvalue weighted by Gasteiger charge is 2.24. The first kappa shape index (κ1) is 17.9. The monoisotopic (exact) mass is 415 g/mol. The lowest BCUT2D eigenvalue weighted by atomic mass is 10.4. The Morgan fingerprint density at radius 2 is 1.92 bits per heavy atom. The highest BCUT2D eigenvalue weighted by Crippen LogP contribution is 2.26. The third-order valence-corrected chi connectivity index (χ3v) is 6.70. The summed E-state index contributed by atoms with van der Waals surface area (Å²) in [6, 6.07) is 8.17. The van der Waals surface area contributed by atoms with E-state index in [0.717, 1.165) is 0 Å². The van der Waals surface area contributed by atoms with Crippen molar-refractivity contribution in [2.24, 2.45) is 0 Å². The standard InChI is InChI=1S/C14H10ClN3O4S3/c1-23-14-18-17-13(24-14)16-12(19)10-6-7-11(22-10)25(20,21)9-4-2-8(15)3-5-9/h2-7H,1H3,(H,16,17,19). The SMILES string of the molecule is CSc1nnc(NC(=O)c2ccc(S(=O)(=O)c3ccc(Cl)cc3)o2)s1.